The molecule has 3 nitrogen and oxygen atoms in total. The van der Waals surface area contributed by atoms with Crippen LogP contribution in [0.25, 0.3) is 10.2 Å². The normalized spacial score (nSPS) is 16.1. The Hall–Kier alpha value is -1.42. The number of oxime groups is 1. The van der Waals surface area contributed by atoms with Gasteiger partial charge >= 0.3 is 5.19 Å². The van der Waals surface area contributed by atoms with Crippen molar-refractivity contribution in [3.63, 3.8) is 0 Å². The summed E-state index contributed by atoms with van der Waals surface area (Å²) in [6, 6.07) is 8.04. The first-order chi connectivity index (χ1) is 8.42. The standard InChI is InChI=1S/C13H14N2OS/c1-2-6-10(7-3-1)15-16-13-14-11-8-4-5-9-12(11)17-13/h4-5,8-9H,1-3,6-7H2. The molecule has 0 bridgehead atoms. The lowest BCUT2D eigenvalue weighted by atomic mass is 9.99. The van der Waals surface area contributed by atoms with Crippen molar-refractivity contribution in [2.45, 2.75) is 32.1 Å². The van der Waals surface area contributed by atoms with Crippen LogP contribution in [-0.4, -0.2) is 10.7 Å². The molecular formula is C13H14N2OS. The number of thiazole rings is 1. The summed E-state index contributed by atoms with van der Waals surface area (Å²) in [4.78, 5) is 9.81. The van der Waals surface area contributed by atoms with Crippen LogP contribution in [0.3, 0.4) is 0 Å². The molecule has 0 unspecified atom stereocenters. The first-order valence-corrected chi connectivity index (χ1v) is 6.82. The Morgan fingerprint density at radius 1 is 1.12 bits per heavy atom. The molecular weight excluding hydrogens is 232 g/mol. The van der Waals surface area contributed by atoms with Gasteiger partial charge in [0.1, 0.15) is 0 Å². The van der Waals surface area contributed by atoms with Gasteiger partial charge in [-0.05, 0) is 37.8 Å². The predicted octanol–water partition coefficient (Wildman–Crippen LogP) is 4.00. The summed E-state index contributed by atoms with van der Waals surface area (Å²) in [6.07, 6.45) is 5.94. The first-order valence-electron chi connectivity index (χ1n) is 6.00. The second-order valence-corrected chi connectivity index (χ2v) is 5.25. The van der Waals surface area contributed by atoms with Crippen molar-refractivity contribution in [2.75, 3.05) is 0 Å². The summed E-state index contributed by atoms with van der Waals surface area (Å²) in [7, 11) is 0. The molecule has 0 aliphatic heterocycles. The van der Waals surface area contributed by atoms with Gasteiger partial charge in [-0.3, -0.25) is 0 Å². The Morgan fingerprint density at radius 2 is 1.94 bits per heavy atom. The zero-order chi connectivity index (χ0) is 11.5. The number of rotatable bonds is 2. The van der Waals surface area contributed by atoms with Crippen LogP contribution in [0.4, 0.5) is 0 Å². The minimum absolute atomic E-state index is 0.643. The van der Waals surface area contributed by atoms with Gasteiger partial charge in [0, 0.05) is 0 Å². The summed E-state index contributed by atoms with van der Waals surface area (Å²) >= 11 is 1.55. The average molecular weight is 246 g/mol. The molecule has 0 atom stereocenters. The largest absolute Gasteiger partial charge is 0.325 e. The van der Waals surface area contributed by atoms with E-state index in [0.29, 0.717) is 5.19 Å². The van der Waals surface area contributed by atoms with Crippen LogP contribution in [-0.2, 0) is 0 Å². The Labute approximate surface area is 104 Å². The highest BCUT2D eigenvalue weighted by Gasteiger charge is 2.08. The minimum Gasteiger partial charge on any atom is -0.325 e. The molecule has 1 saturated carbocycles. The summed E-state index contributed by atoms with van der Waals surface area (Å²) in [5.74, 6) is 0. The number of hydrogen-bond acceptors (Lipinski definition) is 4. The lowest BCUT2D eigenvalue weighted by Gasteiger charge is -2.10. The van der Waals surface area contributed by atoms with Crippen LogP contribution in [0, 0.1) is 0 Å². The van der Waals surface area contributed by atoms with E-state index in [1.54, 1.807) is 11.3 Å². The molecule has 0 saturated heterocycles. The van der Waals surface area contributed by atoms with Gasteiger partial charge in [0.2, 0.25) is 0 Å². The molecule has 1 heterocycles. The van der Waals surface area contributed by atoms with Crippen LogP contribution in [0.5, 0.6) is 5.19 Å². The molecule has 0 radical (unpaired) electrons. The van der Waals surface area contributed by atoms with Crippen LogP contribution in [0.2, 0.25) is 0 Å². The van der Waals surface area contributed by atoms with Crippen molar-refractivity contribution >= 4 is 27.3 Å². The summed E-state index contributed by atoms with van der Waals surface area (Å²) in [6.45, 7) is 0. The van der Waals surface area contributed by atoms with Crippen molar-refractivity contribution in [3.05, 3.63) is 24.3 Å². The van der Waals surface area contributed by atoms with Gasteiger partial charge in [-0.1, -0.05) is 35.0 Å². The third-order valence-electron chi connectivity index (χ3n) is 2.96. The average Bonchev–Trinajstić information content (AvgIpc) is 2.80. The topological polar surface area (TPSA) is 34.5 Å². The molecule has 88 valence electrons. The van der Waals surface area contributed by atoms with E-state index in [1.807, 2.05) is 24.3 Å². The second-order valence-electron chi connectivity index (χ2n) is 4.26. The molecule has 0 N–H and O–H groups in total. The molecule has 1 aliphatic carbocycles. The van der Waals surface area contributed by atoms with Crippen molar-refractivity contribution in [1.29, 1.82) is 0 Å². The molecule has 2 aromatic rings. The number of nitrogens with zero attached hydrogens (tertiary/aromatic N) is 2. The summed E-state index contributed by atoms with van der Waals surface area (Å²) in [5, 5.41) is 4.86. The van der Waals surface area contributed by atoms with Gasteiger partial charge in [-0.2, -0.15) is 0 Å². The zero-order valence-corrected chi connectivity index (χ0v) is 10.4. The van der Waals surface area contributed by atoms with Gasteiger partial charge in [0.25, 0.3) is 0 Å². The zero-order valence-electron chi connectivity index (χ0n) is 9.56. The highest BCUT2D eigenvalue weighted by atomic mass is 32.1. The number of aromatic nitrogens is 1. The molecule has 1 fully saturated rings. The second kappa shape index (κ2) is 4.84. The van der Waals surface area contributed by atoms with Crippen molar-refractivity contribution in [2.24, 2.45) is 5.16 Å². The van der Waals surface area contributed by atoms with Gasteiger partial charge in [-0.25, -0.2) is 4.98 Å². The van der Waals surface area contributed by atoms with Crippen molar-refractivity contribution < 1.29 is 4.84 Å². The third-order valence-corrected chi connectivity index (χ3v) is 3.86. The fraction of sp³-hybridized carbons (Fsp3) is 0.385. The molecule has 0 amide bonds. The third kappa shape index (κ3) is 2.47. The van der Waals surface area contributed by atoms with Gasteiger partial charge in [0.05, 0.1) is 15.9 Å². The SMILES string of the molecule is c1ccc2sc(ON=C3CCCCC3)nc2c1. The maximum absolute atomic E-state index is 5.43. The number of fused-ring (bicyclic) bond motifs is 1. The van der Waals surface area contributed by atoms with E-state index < -0.39 is 0 Å². The fourth-order valence-electron chi connectivity index (χ4n) is 2.04. The smallest absolute Gasteiger partial charge is 0.306 e. The summed E-state index contributed by atoms with van der Waals surface area (Å²) < 4.78 is 1.14. The molecule has 17 heavy (non-hydrogen) atoms. The monoisotopic (exact) mass is 246 g/mol. The van der Waals surface area contributed by atoms with Crippen molar-refractivity contribution in [1.82, 2.24) is 4.98 Å². The summed E-state index contributed by atoms with van der Waals surface area (Å²) in [5.41, 5.74) is 2.16. The number of benzene rings is 1. The lowest BCUT2D eigenvalue weighted by Crippen LogP contribution is -2.06. The Kier molecular flexibility index (Phi) is 3.05. The molecule has 0 spiro atoms. The highest BCUT2D eigenvalue weighted by Crippen LogP contribution is 2.27. The van der Waals surface area contributed by atoms with Crippen LogP contribution in [0.1, 0.15) is 32.1 Å². The molecule has 1 aliphatic rings. The minimum atomic E-state index is 0.643. The van der Waals surface area contributed by atoms with E-state index >= 15 is 0 Å². The molecule has 1 aromatic carbocycles. The van der Waals surface area contributed by atoms with Crippen molar-refractivity contribution in [3.8, 4) is 5.19 Å². The van der Waals surface area contributed by atoms with E-state index in [-0.39, 0.29) is 0 Å². The lowest BCUT2D eigenvalue weighted by molar-refractivity contribution is 0.335. The highest BCUT2D eigenvalue weighted by molar-refractivity contribution is 7.20. The van der Waals surface area contributed by atoms with E-state index in [1.165, 1.54) is 25.0 Å². The number of para-hydroxylation sites is 1. The van der Waals surface area contributed by atoms with Crippen LogP contribution in [0.15, 0.2) is 29.4 Å². The predicted molar refractivity (Wildman–Crippen MR) is 70.8 cm³/mol. The number of hydrogen-bond donors (Lipinski definition) is 0. The Bertz CT molecular complexity index is 506. The van der Waals surface area contributed by atoms with Crippen LogP contribution < -0.4 is 4.84 Å². The molecule has 1 aromatic heterocycles. The van der Waals surface area contributed by atoms with E-state index in [0.717, 1.165) is 23.1 Å². The Morgan fingerprint density at radius 3 is 2.76 bits per heavy atom. The molecule has 4 heteroatoms. The fourth-order valence-corrected chi connectivity index (χ4v) is 2.82. The van der Waals surface area contributed by atoms with Gasteiger partial charge in [-0.15, -0.1) is 0 Å². The van der Waals surface area contributed by atoms with E-state index in [4.69, 9.17) is 4.84 Å². The van der Waals surface area contributed by atoms with Gasteiger partial charge in [0.15, 0.2) is 0 Å². The first kappa shape index (κ1) is 10.7. The van der Waals surface area contributed by atoms with E-state index in [9.17, 15) is 0 Å². The maximum Gasteiger partial charge on any atom is 0.306 e. The maximum atomic E-state index is 5.43. The molecule has 3 rings (SSSR count). The van der Waals surface area contributed by atoms with Gasteiger partial charge < -0.3 is 4.84 Å². The van der Waals surface area contributed by atoms with Crippen LogP contribution >= 0.6 is 11.3 Å². The quantitative estimate of drug-likeness (QED) is 0.751. The van der Waals surface area contributed by atoms with E-state index in [2.05, 4.69) is 10.1 Å². The Balaban J connectivity index is 1.76.